The summed E-state index contributed by atoms with van der Waals surface area (Å²) in [7, 11) is 0. The topological polar surface area (TPSA) is 67.6 Å². The number of morpholine rings is 1. The Morgan fingerprint density at radius 1 is 1.19 bits per heavy atom. The lowest BCUT2D eigenvalue weighted by Gasteiger charge is -2.29. The summed E-state index contributed by atoms with van der Waals surface area (Å²) < 4.78 is 34.2. The van der Waals surface area contributed by atoms with Crippen molar-refractivity contribution in [2.24, 2.45) is 5.73 Å². The fourth-order valence-electron chi connectivity index (χ4n) is 2.88. The first-order valence-electron chi connectivity index (χ1n) is 8.09. The molecule has 5 nitrogen and oxygen atoms in total. The van der Waals surface area contributed by atoms with Gasteiger partial charge in [0.05, 0.1) is 30.2 Å². The van der Waals surface area contributed by atoms with Crippen LogP contribution in [-0.2, 0) is 11.3 Å². The fourth-order valence-corrected chi connectivity index (χ4v) is 3.31. The first kappa shape index (κ1) is 18.6. The summed E-state index contributed by atoms with van der Waals surface area (Å²) >= 11 is 3.18. The van der Waals surface area contributed by atoms with E-state index in [2.05, 4.69) is 21.2 Å². The quantitative estimate of drug-likeness (QED) is 0.771. The number of ether oxygens (including phenoxy) is 1. The van der Waals surface area contributed by atoms with Crippen molar-refractivity contribution < 1.29 is 18.3 Å². The Bertz CT molecular complexity index is 826. The number of carbonyl (C=O) groups excluding carboxylic acids is 1. The van der Waals surface area contributed by atoms with Crippen LogP contribution in [0.3, 0.4) is 0 Å². The number of halogens is 3. The molecular formula is C18H18BrF2N3O2. The lowest BCUT2D eigenvalue weighted by atomic mass is 10.1. The zero-order valence-electron chi connectivity index (χ0n) is 13.9. The molecule has 0 saturated carbocycles. The second-order valence-corrected chi connectivity index (χ2v) is 6.83. The highest BCUT2D eigenvalue weighted by molar-refractivity contribution is 9.10. The maximum atomic E-state index is 14.4. The van der Waals surface area contributed by atoms with Crippen LogP contribution in [0.2, 0.25) is 0 Å². The molecule has 0 spiro atoms. The number of rotatable bonds is 5. The van der Waals surface area contributed by atoms with Crippen molar-refractivity contribution >= 4 is 33.2 Å². The Labute approximate surface area is 158 Å². The van der Waals surface area contributed by atoms with Crippen molar-refractivity contribution in [1.29, 1.82) is 0 Å². The van der Waals surface area contributed by atoms with Crippen LogP contribution in [0, 0.1) is 11.6 Å². The van der Waals surface area contributed by atoms with Gasteiger partial charge >= 0.3 is 0 Å². The molecule has 0 aromatic heterocycles. The normalized spacial score (nSPS) is 14.3. The van der Waals surface area contributed by atoms with E-state index < -0.39 is 11.7 Å². The second-order valence-electron chi connectivity index (χ2n) is 5.91. The summed E-state index contributed by atoms with van der Waals surface area (Å²) in [5, 5.41) is 2.95. The number of anilines is 2. The van der Waals surface area contributed by atoms with Crippen LogP contribution in [0.4, 0.5) is 20.2 Å². The molecule has 1 amide bonds. The van der Waals surface area contributed by atoms with Gasteiger partial charge in [-0.05, 0) is 29.8 Å². The van der Waals surface area contributed by atoms with E-state index in [-0.39, 0.29) is 23.6 Å². The number of hydrogen-bond donors (Lipinski definition) is 2. The smallest absolute Gasteiger partial charge is 0.253 e. The van der Waals surface area contributed by atoms with E-state index in [0.717, 1.165) is 0 Å². The van der Waals surface area contributed by atoms with Crippen LogP contribution in [0.15, 0.2) is 34.8 Å². The van der Waals surface area contributed by atoms with Crippen LogP contribution in [0.5, 0.6) is 0 Å². The lowest BCUT2D eigenvalue weighted by Crippen LogP contribution is -2.36. The van der Waals surface area contributed by atoms with E-state index in [0.29, 0.717) is 42.0 Å². The second kappa shape index (κ2) is 8.01. The third kappa shape index (κ3) is 4.13. The van der Waals surface area contributed by atoms with Gasteiger partial charge in [-0.3, -0.25) is 4.79 Å². The van der Waals surface area contributed by atoms with Gasteiger partial charge in [0.1, 0.15) is 11.6 Å². The van der Waals surface area contributed by atoms with Gasteiger partial charge in [-0.25, -0.2) is 8.78 Å². The number of amides is 1. The third-order valence-corrected chi connectivity index (χ3v) is 4.61. The highest BCUT2D eigenvalue weighted by atomic mass is 79.9. The summed E-state index contributed by atoms with van der Waals surface area (Å²) in [6.45, 7) is 2.66. The summed E-state index contributed by atoms with van der Waals surface area (Å²) in [5.41, 5.74) is 6.47. The molecule has 1 aliphatic heterocycles. The Hall–Kier alpha value is -2.19. The number of carbonyl (C=O) groups is 1. The van der Waals surface area contributed by atoms with Crippen LogP contribution < -0.4 is 16.0 Å². The van der Waals surface area contributed by atoms with Crippen molar-refractivity contribution in [3.8, 4) is 0 Å². The number of nitrogens with two attached hydrogens (primary N) is 1. The molecule has 0 bridgehead atoms. The zero-order chi connectivity index (χ0) is 18.7. The molecule has 0 radical (unpaired) electrons. The van der Waals surface area contributed by atoms with Gasteiger partial charge in [-0.1, -0.05) is 22.0 Å². The Morgan fingerprint density at radius 2 is 1.92 bits per heavy atom. The van der Waals surface area contributed by atoms with E-state index in [9.17, 15) is 13.6 Å². The first-order chi connectivity index (χ1) is 12.5. The molecule has 1 fully saturated rings. The van der Waals surface area contributed by atoms with Gasteiger partial charge in [0, 0.05) is 24.1 Å². The number of benzene rings is 2. The number of nitrogens with zero attached hydrogens (tertiary/aromatic N) is 1. The SMILES string of the molecule is NC(=O)c1c(F)cc(Br)cc1NCc1ccc(N2CCOCC2)c(F)c1. The van der Waals surface area contributed by atoms with Gasteiger partial charge < -0.3 is 20.7 Å². The number of nitrogens with one attached hydrogen (secondary N) is 1. The Morgan fingerprint density at radius 3 is 2.58 bits per heavy atom. The molecule has 0 unspecified atom stereocenters. The van der Waals surface area contributed by atoms with E-state index in [1.165, 1.54) is 12.1 Å². The van der Waals surface area contributed by atoms with Crippen LogP contribution >= 0.6 is 15.9 Å². The van der Waals surface area contributed by atoms with Crippen molar-refractivity contribution in [2.75, 3.05) is 36.5 Å². The Kier molecular flexibility index (Phi) is 5.73. The van der Waals surface area contributed by atoms with Crippen LogP contribution in [-0.4, -0.2) is 32.2 Å². The third-order valence-electron chi connectivity index (χ3n) is 4.15. The van der Waals surface area contributed by atoms with Gasteiger partial charge in [-0.15, -0.1) is 0 Å². The van der Waals surface area contributed by atoms with Gasteiger partial charge in [-0.2, -0.15) is 0 Å². The predicted octanol–water partition coefficient (Wildman–Crippen LogP) is 3.27. The summed E-state index contributed by atoms with van der Waals surface area (Å²) in [6, 6.07) is 7.66. The molecule has 2 aromatic rings. The molecule has 0 aliphatic carbocycles. The highest BCUT2D eigenvalue weighted by Crippen LogP contribution is 2.26. The number of hydrogen-bond acceptors (Lipinski definition) is 4. The summed E-state index contributed by atoms with van der Waals surface area (Å²) in [4.78, 5) is 13.4. The first-order valence-corrected chi connectivity index (χ1v) is 8.89. The van der Waals surface area contributed by atoms with E-state index in [1.54, 1.807) is 18.2 Å². The van der Waals surface area contributed by atoms with Gasteiger partial charge in [0.25, 0.3) is 5.91 Å². The van der Waals surface area contributed by atoms with E-state index in [1.807, 2.05) is 4.90 Å². The maximum Gasteiger partial charge on any atom is 0.253 e. The minimum absolute atomic E-state index is 0.219. The average molecular weight is 426 g/mol. The molecule has 2 aromatic carbocycles. The molecule has 138 valence electrons. The predicted molar refractivity (Wildman–Crippen MR) is 99.4 cm³/mol. The molecule has 1 saturated heterocycles. The summed E-state index contributed by atoms with van der Waals surface area (Å²) in [6.07, 6.45) is 0. The monoisotopic (exact) mass is 425 g/mol. The lowest BCUT2D eigenvalue weighted by molar-refractivity contribution is 0.0997. The van der Waals surface area contributed by atoms with Crippen molar-refractivity contribution in [3.05, 3.63) is 57.6 Å². The number of primary amides is 1. The van der Waals surface area contributed by atoms with E-state index >= 15 is 0 Å². The maximum absolute atomic E-state index is 14.4. The van der Waals surface area contributed by atoms with Gasteiger partial charge in [0.2, 0.25) is 0 Å². The molecule has 3 rings (SSSR count). The standard InChI is InChI=1S/C18H18BrF2N3O2/c19-12-8-14(21)17(18(22)25)15(9-12)23-10-11-1-2-16(13(20)7-11)24-3-5-26-6-4-24/h1-2,7-9,23H,3-6,10H2,(H2,22,25). The molecule has 3 N–H and O–H groups in total. The fraction of sp³-hybridized carbons (Fsp3) is 0.278. The highest BCUT2D eigenvalue weighted by Gasteiger charge is 2.17. The van der Waals surface area contributed by atoms with Crippen LogP contribution in [0.25, 0.3) is 0 Å². The molecular weight excluding hydrogens is 408 g/mol. The van der Waals surface area contributed by atoms with Crippen molar-refractivity contribution in [2.45, 2.75) is 6.54 Å². The van der Waals surface area contributed by atoms with E-state index in [4.69, 9.17) is 10.5 Å². The Balaban J connectivity index is 1.76. The largest absolute Gasteiger partial charge is 0.380 e. The van der Waals surface area contributed by atoms with Crippen LogP contribution in [0.1, 0.15) is 15.9 Å². The summed E-state index contributed by atoms with van der Waals surface area (Å²) in [5.74, 6) is -1.92. The van der Waals surface area contributed by atoms with Crippen molar-refractivity contribution in [3.63, 3.8) is 0 Å². The minimum atomic E-state index is -0.869. The molecule has 8 heteroatoms. The average Bonchev–Trinajstić information content (AvgIpc) is 2.60. The molecule has 0 atom stereocenters. The molecule has 26 heavy (non-hydrogen) atoms. The van der Waals surface area contributed by atoms with Gasteiger partial charge in [0.15, 0.2) is 0 Å². The molecule has 1 heterocycles. The minimum Gasteiger partial charge on any atom is -0.380 e. The zero-order valence-corrected chi connectivity index (χ0v) is 15.5. The van der Waals surface area contributed by atoms with Crippen molar-refractivity contribution in [1.82, 2.24) is 0 Å². The molecule has 1 aliphatic rings.